The maximum Gasteiger partial charge on any atom is 0.243 e. The van der Waals surface area contributed by atoms with E-state index in [1.165, 1.54) is 11.1 Å². The lowest BCUT2D eigenvalue weighted by Crippen LogP contribution is -2.54. The topological polar surface area (TPSA) is 40.6 Å². The predicted octanol–water partition coefficient (Wildman–Crippen LogP) is 5.11. The van der Waals surface area contributed by atoms with Crippen molar-refractivity contribution in [1.82, 2.24) is 9.21 Å². The molecule has 3 aromatic rings. The Labute approximate surface area is 197 Å². The van der Waals surface area contributed by atoms with Gasteiger partial charge in [-0.15, -0.1) is 0 Å². The molecule has 0 aliphatic carbocycles. The average molecular weight is 461 g/mol. The highest BCUT2D eigenvalue weighted by atomic mass is 32.2. The first-order valence-electron chi connectivity index (χ1n) is 12.0. The molecule has 172 valence electrons. The number of piperidine rings is 2. The van der Waals surface area contributed by atoms with Crippen molar-refractivity contribution < 1.29 is 8.42 Å². The molecule has 2 aliphatic rings. The van der Waals surface area contributed by atoms with Gasteiger partial charge in [-0.3, -0.25) is 4.90 Å². The first-order valence-corrected chi connectivity index (χ1v) is 13.5. The maximum atomic E-state index is 13.4. The number of benzene rings is 3. The molecule has 33 heavy (non-hydrogen) atoms. The molecular weight excluding hydrogens is 428 g/mol. The standard InChI is InChI=1S/C28H32N2O2S/c31-33(32,26-14-8-3-9-15-26)30-21-18-27(25-12-6-2-7-13-25)28(22-30)29-19-16-24(17-20-29)23-10-4-1-5-11-23/h1-15,24,27-28H,16-22H2. The smallest absolute Gasteiger partial charge is 0.243 e. The molecule has 3 aromatic carbocycles. The minimum absolute atomic E-state index is 0.191. The van der Waals surface area contributed by atoms with Crippen molar-refractivity contribution in [1.29, 1.82) is 0 Å². The van der Waals surface area contributed by atoms with Crippen LogP contribution in [0.15, 0.2) is 95.9 Å². The second-order valence-electron chi connectivity index (χ2n) is 9.27. The molecular formula is C28H32N2O2S. The lowest BCUT2D eigenvalue weighted by molar-refractivity contribution is 0.0902. The lowest BCUT2D eigenvalue weighted by atomic mass is 9.82. The number of sulfonamides is 1. The van der Waals surface area contributed by atoms with Crippen molar-refractivity contribution in [2.75, 3.05) is 26.2 Å². The summed E-state index contributed by atoms with van der Waals surface area (Å²) in [5.74, 6) is 0.937. The Morgan fingerprint density at radius 1 is 0.636 bits per heavy atom. The first-order chi connectivity index (χ1) is 16.1. The van der Waals surface area contributed by atoms with Gasteiger partial charge in [-0.1, -0.05) is 78.9 Å². The van der Waals surface area contributed by atoms with E-state index < -0.39 is 10.0 Å². The summed E-state index contributed by atoms with van der Waals surface area (Å²) in [5.41, 5.74) is 2.75. The van der Waals surface area contributed by atoms with E-state index in [9.17, 15) is 8.42 Å². The van der Waals surface area contributed by atoms with Crippen LogP contribution < -0.4 is 0 Å². The van der Waals surface area contributed by atoms with Crippen molar-refractivity contribution in [3.63, 3.8) is 0 Å². The molecule has 0 saturated carbocycles. The Bertz CT molecular complexity index is 1130. The van der Waals surface area contributed by atoms with E-state index in [0.29, 0.717) is 29.8 Å². The average Bonchev–Trinajstić information content (AvgIpc) is 2.90. The van der Waals surface area contributed by atoms with Gasteiger partial charge in [0.2, 0.25) is 10.0 Å². The third-order valence-electron chi connectivity index (χ3n) is 7.42. The summed E-state index contributed by atoms with van der Waals surface area (Å²) in [7, 11) is -3.49. The van der Waals surface area contributed by atoms with Gasteiger partial charge in [-0.25, -0.2) is 8.42 Å². The van der Waals surface area contributed by atoms with Crippen molar-refractivity contribution in [3.05, 3.63) is 102 Å². The summed E-state index contributed by atoms with van der Waals surface area (Å²) in [4.78, 5) is 2.95. The van der Waals surface area contributed by atoms with Crippen LogP contribution >= 0.6 is 0 Å². The van der Waals surface area contributed by atoms with Gasteiger partial charge in [0.15, 0.2) is 0 Å². The molecule has 5 heteroatoms. The van der Waals surface area contributed by atoms with Crippen molar-refractivity contribution in [2.45, 2.75) is 42.0 Å². The van der Waals surface area contributed by atoms with Crippen molar-refractivity contribution >= 4 is 10.0 Å². The molecule has 2 aliphatic heterocycles. The Morgan fingerprint density at radius 2 is 1.18 bits per heavy atom. The number of likely N-dealkylation sites (tertiary alicyclic amines) is 1. The van der Waals surface area contributed by atoms with Gasteiger partial charge in [-0.05, 0) is 61.5 Å². The minimum Gasteiger partial charge on any atom is -0.298 e. The third-order valence-corrected chi connectivity index (χ3v) is 9.30. The van der Waals surface area contributed by atoms with Gasteiger partial charge in [0.1, 0.15) is 0 Å². The van der Waals surface area contributed by atoms with Gasteiger partial charge in [0, 0.05) is 25.0 Å². The molecule has 0 N–H and O–H groups in total. The van der Waals surface area contributed by atoms with E-state index in [0.717, 1.165) is 32.4 Å². The molecule has 0 spiro atoms. The van der Waals surface area contributed by atoms with Crippen LogP contribution in [0.25, 0.3) is 0 Å². The van der Waals surface area contributed by atoms with E-state index in [1.807, 2.05) is 6.07 Å². The Morgan fingerprint density at radius 3 is 1.79 bits per heavy atom. The number of hydrogen-bond donors (Lipinski definition) is 0. The van der Waals surface area contributed by atoms with Gasteiger partial charge >= 0.3 is 0 Å². The zero-order valence-electron chi connectivity index (χ0n) is 19.0. The monoisotopic (exact) mass is 460 g/mol. The van der Waals surface area contributed by atoms with Crippen molar-refractivity contribution in [3.8, 4) is 0 Å². The summed E-state index contributed by atoms with van der Waals surface area (Å²) in [6, 6.07) is 30.5. The van der Waals surface area contributed by atoms with E-state index in [2.05, 4.69) is 65.6 Å². The fraction of sp³-hybridized carbons (Fsp3) is 0.357. The SMILES string of the molecule is O=S(=O)(c1ccccc1)N1CCC(c2ccccc2)C(N2CCC(c3ccccc3)CC2)C1. The Kier molecular flexibility index (Phi) is 6.63. The van der Waals surface area contributed by atoms with Crippen LogP contribution in [0.5, 0.6) is 0 Å². The molecule has 2 atom stereocenters. The van der Waals surface area contributed by atoms with Crippen LogP contribution in [0.1, 0.15) is 42.2 Å². The van der Waals surface area contributed by atoms with Gasteiger partial charge < -0.3 is 0 Å². The van der Waals surface area contributed by atoms with Gasteiger partial charge in [-0.2, -0.15) is 4.31 Å². The largest absolute Gasteiger partial charge is 0.298 e. The molecule has 2 unspecified atom stereocenters. The van der Waals surface area contributed by atoms with E-state index >= 15 is 0 Å². The zero-order valence-corrected chi connectivity index (χ0v) is 19.8. The summed E-state index contributed by atoms with van der Waals surface area (Å²) >= 11 is 0. The second kappa shape index (κ2) is 9.80. The highest BCUT2D eigenvalue weighted by molar-refractivity contribution is 7.89. The number of rotatable bonds is 5. The molecule has 0 aromatic heterocycles. The zero-order chi connectivity index (χ0) is 22.7. The number of hydrogen-bond acceptors (Lipinski definition) is 3. The lowest BCUT2D eigenvalue weighted by Gasteiger charge is -2.46. The van der Waals surface area contributed by atoms with E-state index in [1.54, 1.807) is 28.6 Å². The molecule has 2 fully saturated rings. The normalized spacial score (nSPS) is 23.4. The van der Waals surface area contributed by atoms with Crippen LogP contribution in [0.2, 0.25) is 0 Å². The van der Waals surface area contributed by atoms with Crippen LogP contribution in [-0.2, 0) is 10.0 Å². The molecule has 0 radical (unpaired) electrons. The predicted molar refractivity (Wildman–Crippen MR) is 133 cm³/mol. The fourth-order valence-corrected chi connectivity index (χ4v) is 7.11. The van der Waals surface area contributed by atoms with Gasteiger partial charge in [0.25, 0.3) is 0 Å². The van der Waals surface area contributed by atoms with Crippen molar-refractivity contribution in [2.24, 2.45) is 0 Å². The van der Waals surface area contributed by atoms with E-state index in [-0.39, 0.29) is 6.04 Å². The van der Waals surface area contributed by atoms with Crippen LogP contribution in [0, 0.1) is 0 Å². The molecule has 0 bridgehead atoms. The molecule has 2 saturated heterocycles. The van der Waals surface area contributed by atoms with E-state index in [4.69, 9.17) is 0 Å². The second-order valence-corrected chi connectivity index (χ2v) is 11.2. The summed E-state index contributed by atoms with van der Waals surface area (Å²) in [5, 5.41) is 0. The van der Waals surface area contributed by atoms with Crippen LogP contribution in [0.3, 0.4) is 0 Å². The Balaban J connectivity index is 1.37. The Hall–Kier alpha value is -2.47. The fourth-order valence-electron chi connectivity index (χ4n) is 5.61. The molecule has 4 nitrogen and oxygen atoms in total. The maximum absolute atomic E-state index is 13.4. The summed E-state index contributed by atoms with van der Waals surface area (Å²) < 4.78 is 28.5. The summed E-state index contributed by atoms with van der Waals surface area (Å²) in [6.45, 7) is 3.13. The third kappa shape index (κ3) is 4.77. The quantitative estimate of drug-likeness (QED) is 0.531. The van der Waals surface area contributed by atoms with Gasteiger partial charge in [0.05, 0.1) is 4.90 Å². The van der Waals surface area contributed by atoms with Crippen LogP contribution in [-0.4, -0.2) is 49.8 Å². The highest BCUT2D eigenvalue weighted by Gasteiger charge is 2.40. The summed E-state index contributed by atoms with van der Waals surface area (Å²) in [6.07, 6.45) is 3.08. The highest BCUT2D eigenvalue weighted by Crippen LogP contribution is 2.37. The molecule has 2 heterocycles. The minimum atomic E-state index is -3.49. The first kappa shape index (κ1) is 22.3. The van der Waals surface area contributed by atoms with Crippen LogP contribution in [0.4, 0.5) is 0 Å². The number of nitrogens with zero attached hydrogens (tertiary/aromatic N) is 2. The molecule has 0 amide bonds. The molecule has 5 rings (SSSR count).